The number of aliphatic hydroxyl groups is 1. The van der Waals surface area contributed by atoms with Crippen LogP contribution in [-0.2, 0) is 6.54 Å². The van der Waals surface area contributed by atoms with Crippen molar-refractivity contribution in [3.63, 3.8) is 0 Å². The third-order valence-corrected chi connectivity index (χ3v) is 4.31. The second-order valence-electron chi connectivity index (χ2n) is 5.63. The highest BCUT2D eigenvalue weighted by Gasteiger charge is 2.30. The van der Waals surface area contributed by atoms with Crippen molar-refractivity contribution in [1.82, 2.24) is 9.88 Å². The second-order valence-corrected chi connectivity index (χ2v) is 5.63. The van der Waals surface area contributed by atoms with E-state index in [-0.39, 0.29) is 18.5 Å². The maximum Gasteiger partial charge on any atom is 0.124 e. The molecule has 1 aromatic heterocycles. The van der Waals surface area contributed by atoms with Crippen LogP contribution in [0.1, 0.15) is 18.9 Å². The first-order valence-corrected chi connectivity index (χ1v) is 7.07. The van der Waals surface area contributed by atoms with Gasteiger partial charge in [-0.1, -0.05) is 13.0 Å². The summed E-state index contributed by atoms with van der Waals surface area (Å²) in [7, 11) is 0. The lowest BCUT2D eigenvalue weighted by Crippen LogP contribution is -2.34. The third kappa shape index (κ3) is 2.41. The topological polar surface area (TPSA) is 36.4 Å². The van der Waals surface area contributed by atoms with Gasteiger partial charge in [-0.25, -0.2) is 4.39 Å². The number of likely N-dealkylation sites (tertiary alicyclic amines) is 1. The molecule has 2 atom stereocenters. The zero-order chi connectivity index (χ0) is 14.1. The molecule has 1 aromatic carbocycles. The van der Waals surface area contributed by atoms with Crippen molar-refractivity contribution < 1.29 is 9.50 Å². The van der Waals surface area contributed by atoms with Crippen LogP contribution in [0.2, 0.25) is 0 Å². The van der Waals surface area contributed by atoms with E-state index in [9.17, 15) is 9.50 Å². The molecule has 1 aliphatic rings. The number of fused-ring (bicyclic) bond motifs is 1. The maximum atomic E-state index is 13.7. The Kier molecular flexibility index (Phi) is 3.68. The smallest absolute Gasteiger partial charge is 0.124 e. The maximum absolute atomic E-state index is 13.7. The summed E-state index contributed by atoms with van der Waals surface area (Å²) in [5.74, 6) is 0.251. The molecule has 3 nitrogen and oxygen atoms in total. The van der Waals surface area contributed by atoms with Gasteiger partial charge in [0.25, 0.3) is 0 Å². The molecule has 1 saturated heterocycles. The average Bonchev–Trinajstić information content (AvgIpc) is 2.79. The summed E-state index contributed by atoms with van der Waals surface area (Å²) in [6.45, 7) is 3.89. The third-order valence-electron chi connectivity index (χ3n) is 4.31. The molecule has 0 spiro atoms. The molecule has 2 unspecified atom stereocenters. The van der Waals surface area contributed by atoms with Gasteiger partial charge in [0.15, 0.2) is 0 Å². The summed E-state index contributed by atoms with van der Waals surface area (Å²) in [4.78, 5) is 6.61. The van der Waals surface area contributed by atoms with Gasteiger partial charge in [0.2, 0.25) is 0 Å². The van der Waals surface area contributed by atoms with Crippen molar-refractivity contribution >= 4 is 10.9 Å². The van der Waals surface area contributed by atoms with Gasteiger partial charge in [0.05, 0.1) is 12.1 Å². The van der Waals surface area contributed by atoms with E-state index in [1.165, 1.54) is 6.07 Å². The lowest BCUT2D eigenvalue weighted by atomic mass is 10.0. The van der Waals surface area contributed by atoms with Crippen LogP contribution >= 0.6 is 0 Å². The van der Waals surface area contributed by atoms with Gasteiger partial charge in [0.1, 0.15) is 5.82 Å². The van der Waals surface area contributed by atoms with E-state index in [4.69, 9.17) is 0 Å². The van der Waals surface area contributed by atoms with E-state index in [1.807, 2.05) is 12.1 Å². The molecule has 0 amide bonds. The first-order chi connectivity index (χ1) is 9.69. The number of nitrogens with zero attached hydrogens (tertiary/aromatic N) is 2. The molecule has 1 fully saturated rings. The van der Waals surface area contributed by atoms with E-state index in [0.29, 0.717) is 12.5 Å². The number of aliphatic hydroxyl groups excluding tert-OH is 1. The summed E-state index contributed by atoms with van der Waals surface area (Å²) in [6.07, 6.45) is 2.81. The largest absolute Gasteiger partial charge is 0.395 e. The highest BCUT2D eigenvalue weighted by atomic mass is 19.1. The van der Waals surface area contributed by atoms with Crippen molar-refractivity contribution in [2.75, 3.05) is 13.2 Å². The number of halogens is 1. The summed E-state index contributed by atoms with van der Waals surface area (Å²) in [6, 6.07) is 6.94. The van der Waals surface area contributed by atoms with Crippen LogP contribution in [0.5, 0.6) is 0 Å². The van der Waals surface area contributed by atoms with E-state index in [2.05, 4.69) is 16.8 Å². The molecule has 20 heavy (non-hydrogen) atoms. The van der Waals surface area contributed by atoms with Gasteiger partial charge in [-0.3, -0.25) is 9.88 Å². The molecule has 1 aliphatic heterocycles. The fourth-order valence-electron chi connectivity index (χ4n) is 3.15. The molecule has 1 N–H and O–H groups in total. The molecule has 0 aliphatic carbocycles. The Bertz CT molecular complexity index is 616. The lowest BCUT2D eigenvalue weighted by molar-refractivity contribution is 0.134. The lowest BCUT2D eigenvalue weighted by Gasteiger charge is -2.25. The van der Waals surface area contributed by atoms with Gasteiger partial charge in [-0.15, -0.1) is 0 Å². The van der Waals surface area contributed by atoms with Gasteiger partial charge < -0.3 is 5.11 Å². The summed E-state index contributed by atoms with van der Waals surface area (Å²) >= 11 is 0. The van der Waals surface area contributed by atoms with Crippen molar-refractivity contribution in [3.8, 4) is 0 Å². The molecule has 0 radical (unpaired) electrons. The average molecular weight is 274 g/mol. The quantitative estimate of drug-likeness (QED) is 0.934. The zero-order valence-corrected chi connectivity index (χ0v) is 11.6. The molecular formula is C16H19FN2O. The van der Waals surface area contributed by atoms with E-state index in [0.717, 1.165) is 29.4 Å². The molecular weight excluding hydrogens is 255 g/mol. The summed E-state index contributed by atoms with van der Waals surface area (Å²) < 4.78 is 13.7. The van der Waals surface area contributed by atoms with Gasteiger partial charge in [-0.05, 0) is 42.6 Å². The standard InChI is InChI=1S/C16H19FN2O/c1-11-4-6-19(15(11)10-20)9-13-8-14(17)7-12-3-2-5-18-16(12)13/h2-3,5,7-8,11,15,20H,4,6,9-10H2,1H3. The van der Waals surface area contributed by atoms with Crippen molar-refractivity contribution in [3.05, 3.63) is 41.8 Å². The molecule has 106 valence electrons. The Morgan fingerprint density at radius 2 is 2.30 bits per heavy atom. The molecule has 0 saturated carbocycles. The van der Waals surface area contributed by atoms with E-state index in [1.54, 1.807) is 12.3 Å². The first-order valence-electron chi connectivity index (χ1n) is 7.07. The zero-order valence-electron chi connectivity index (χ0n) is 11.6. The van der Waals surface area contributed by atoms with Gasteiger partial charge >= 0.3 is 0 Å². The number of hydrogen-bond acceptors (Lipinski definition) is 3. The second kappa shape index (κ2) is 5.46. The Morgan fingerprint density at radius 3 is 3.10 bits per heavy atom. The minimum atomic E-state index is -0.228. The van der Waals surface area contributed by atoms with E-state index < -0.39 is 0 Å². The predicted octanol–water partition coefficient (Wildman–Crippen LogP) is 2.58. The van der Waals surface area contributed by atoms with Crippen LogP contribution in [0.4, 0.5) is 4.39 Å². The molecule has 4 heteroatoms. The Balaban J connectivity index is 1.94. The van der Waals surface area contributed by atoms with Crippen LogP contribution in [0.15, 0.2) is 30.5 Å². The summed E-state index contributed by atoms with van der Waals surface area (Å²) in [5.41, 5.74) is 1.75. The monoisotopic (exact) mass is 274 g/mol. The van der Waals surface area contributed by atoms with Crippen LogP contribution < -0.4 is 0 Å². The van der Waals surface area contributed by atoms with E-state index >= 15 is 0 Å². The van der Waals surface area contributed by atoms with Crippen LogP contribution in [0.25, 0.3) is 10.9 Å². The van der Waals surface area contributed by atoms with Crippen LogP contribution in [0.3, 0.4) is 0 Å². The minimum Gasteiger partial charge on any atom is -0.395 e. The highest BCUT2D eigenvalue weighted by molar-refractivity contribution is 5.81. The number of pyridine rings is 1. The summed E-state index contributed by atoms with van der Waals surface area (Å²) in [5, 5.41) is 10.4. The molecule has 0 bridgehead atoms. The fourth-order valence-corrected chi connectivity index (χ4v) is 3.15. The predicted molar refractivity (Wildman–Crippen MR) is 76.8 cm³/mol. The molecule has 3 rings (SSSR count). The number of benzene rings is 1. The molecule has 2 aromatic rings. The van der Waals surface area contributed by atoms with Crippen molar-refractivity contribution in [1.29, 1.82) is 0 Å². The minimum absolute atomic E-state index is 0.155. The Hall–Kier alpha value is -1.52. The number of rotatable bonds is 3. The number of hydrogen-bond donors (Lipinski definition) is 1. The van der Waals surface area contributed by atoms with Crippen LogP contribution in [-0.4, -0.2) is 34.2 Å². The van der Waals surface area contributed by atoms with Gasteiger partial charge in [0, 0.05) is 24.2 Å². The number of aromatic nitrogens is 1. The van der Waals surface area contributed by atoms with Crippen LogP contribution in [0, 0.1) is 11.7 Å². The Morgan fingerprint density at radius 1 is 1.45 bits per heavy atom. The van der Waals surface area contributed by atoms with Crippen molar-refractivity contribution in [2.45, 2.75) is 25.9 Å². The van der Waals surface area contributed by atoms with Gasteiger partial charge in [-0.2, -0.15) is 0 Å². The Labute approximate surface area is 118 Å². The SMILES string of the molecule is CC1CCN(Cc2cc(F)cc3cccnc23)C1CO. The fraction of sp³-hybridized carbons (Fsp3) is 0.438. The normalized spacial score (nSPS) is 23.6. The molecule has 2 heterocycles. The van der Waals surface area contributed by atoms with Crippen molar-refractivity contribution in [2.24, 2.45) is 5.92 Å². The highest BCUT2D eigenvalue weighted by Crippen LogP contribution is 2.27. The first kappa shape index (κ1) is 13.5.